The monoisotopic (exact) mass is 404 g/mol. The van der Waals surface area contributed by atoms with E-state index in [-0.39, 0.29) is 0 Å². The highest BCUT2D eigenvalue weighted by atomic mass is 32.2. The van der Waals surface area contributed by atoms with Gasteiger partial charge in [-0.2, -0.15) is 0 Å². The summed E-state index contributed by atoms with van der Waals surface area (Å²) in [5.74, 6) is 1.88. The van der Waals surface area contributed by atoms with E-state index in [1.165, 1.54) is 51.4 Å². The van der Waals surface area contributed by atoms with Crippen molar-refractivity contribution < 1.29 is 9.47 Å². The maximum Gasteiger partial charge on any atom is 0.188 e. The number of aromatic nitrogens is 2. The SMILES string of the molecule is C=C(C)OCOCCCCCCCCCCCSc1nnc(SC)s1. The molecule has 1 heterocycles. The molecule has 7 heteroatoms. The molecule has 1 aromatic rings. The summed E-state index contributed by atoms with van der Waals surface area (Å²) in [6, 6.07) is 0. The molecule has 0 radical (unpaired) electrons. The molecule has 0 fully saturated rings. The molecule has 0 aromatic carbocycles. The maximum absolute atomic E-state index is 5.37. The van der Waals surface area contributed by atoms with Crippen LogP contribution in [-0.4, -0.2) is 35.6 Å². The third kappa shape index (κ3) is 13.6. The molecule has 0 atom stereocenters. The highest BCUT2D eigenvalue weighted by Gasteiger charge is 2.03. The van der Waals surface area contributed by atoms with E-state index in [0.717, 1.165) is 27.5 Å². The van der Waals surface area contributed by atoms with Gasteiger partial charge in [-0.25, -0.2) is 0 Å². The zero-order chi connectivity index (χ0) is 18.2. The van der Waals surface area contributed by atoms with Crippen LogP contribution in [0, 0.1) is 0 Å². The van der Waals surface area contributed by atoms with E-state index in [0.29, 0.717) is 12.6 Å². The quantitative estimate of drug-likeness (QED) is 0.130. The largest absolute Gasteiger partial charge is 0.473 e. The Balaban J connectivity index is 1.75. The zero-order valence-corrected chi connectivity index (χ0v) is 18.1. The van der Waals surface area contributed by atoms with Gasteiger partial charge in [-0.15, -0.1) is 10.2 Å². The summed E-state index contributed by atoms with van der Waals surface area (Å²) in [5, 5.41) is 8.30. The predicted molar refractivity (Wildman–Crippen MR) is 111 cm³/mol. The van der Waals surface area contributed by atoms with Crippen LogP contribution in [0.2, 0.25) is 0 Å². The lowest BCUT2D eigenvalue weighted by atomic mass is 10.1. The molecular formula is C18H32N2O2S3. The summed E-state index contributed by atoms with van der Waals surface area (Å²) in [6.45, 7) is 6.63. The lowest BCUT2D eigenvalue weighted by Crippen LogP contribution is -1.99. The molecule has 4 nitrogen and oxygen atoms in total. The van der Waals surface area contributed by atoms with E-state index >= 15 is 0 Å². The molecule has 0 unspecified atom stereocenters. The Kier molecular flexibility index (Phi) is 14.6. The third-order valence-electron chi connectivity index (χ3n) is 3.61. The fraction of sp³-hybridized carbons (Fsp3) is 0.778. The minimum atomic E-state index is 0.339. The summed E-state index contributed by atoms with van der Waals surface area (Å²) in [5.41, 5.74) is 0. The van der Waals surface area contributed by atoms with Crippen molar-refractivity contribution >= 4 is 34.9 Å². The molecule has 0 saturated carbocycles. The van der Waals surface area contributed by atoms with E-state index < -0.39 is 0 Å². The molecular weight excluding hydrogens is 372 g/mol. The molecule has 25 heavy (non-hydrogen) atoms. The molecule has 1 aromatic heterocycles. The van der Waals surface area contributed by atoms with Crippen LogP contribution in [0.15, 0.2) is 21.0 Å². The normalized spacial score (nSPS) is 11.0. The summed E-state index contributed by atoms with van der Waals surface area (Å²) < 4.78 is 12.7. The number of allylic oxidation sites excluding steroid dienone is 1. The summed E-state index contributed by atoms with van der Waals surface area (Å²) in [7, 11) is 0. The minimum Gasteiger partial charge on any atom is -0.473 e. The van der Waals surface area contributed by atoms with Crippen LogP contribution < -0.4 is 0 Å². The molecule has 0 amide bonds. The first kappa shape index (κ1) is 22.8. The predicted octanol–water partition coefficient (Wildman–Crippen LogP) is 6.39. The number of hydrogen-bond donors (Lipinski definition) is 0. The van der Waals surface area contributed by atoms with Crippen molar-refractivity contribution in [3.8, 4) is 0 Å². The van der Waals surface area contributed by atoms with E-state index in [4.69, 9.17) is 9.47 Å². The Morgan fingerprint density at radius 3 is 2.16 bits per heavy atom. The van der Waals surface area contributed by atoms with Gasteiger partial charge in [0.05, 0.1) is 12.4 Å². The van der Waals surface area contributed by atoms with Gasteiger partial charge < -0.3 is 9.47 Å². The van der Waals surface area contributed by atoms with Gasteiger partial charge in [-0.05, 0) is 26.0 Å². The van der Waals surface area contributed by atoms with E-state index in [2.05, 4.69) is 16.8 Å². The van der Waals surface area contributed by atoms with Crippen LogP contribution in [0.4, 0.5) is 0 Å². The van der Waals surface area contributed by atoms with Gasteiger partial charge in [-0.1, -0.05) is 86.4 Å². The Morgan fingerprint density at radius 2 is 1.56 bits per heavy atom. The first-order valence-corrected chi connectivity index (χ1v) is 12.1. The lowest BCUT2D eigenvalue weighted by molar-refractivity contribution is -0.0234. The van der Waals surface area contributed by atoms with Crippen molar-refractivity contribution in [1.29, 1.82) is 0 Å². The number of nitrogens with zero attached hydrogens (tertiary/aromatic N) is 2. The smallest absolute Gasteiger partial charge is 0.188 e. The molecule has 1 rings (SSSR count). The van der Waals surface area contributed by atoms with Crippen LogP contribution >= 0.6 is 34.9 Å². The lowest BCUT2D eigenvalue weighted by Gasteiger charge is -2.06. The number of unbranched alkanes of at least 4 members (excludes halogenated alkanes) is 8. The zero-order valence-electron chi connectivity index (χ0n) is 15.6. The molecule has 0 saturated heterocycles. The van der Waals surface area contributed by atoms with Gasteiger partial charge in [0, 0.05) is 5.75 Å². The topological polar surface area (TPSA) is 44.2 Å². The van der Waals surface area contributed by atoms with Gasteiger partial charge in [0.15, 0.2) is 15.5 Å². The first-order valence-electron chi connectivity index (χ1n) is 9.08. The van der Waals surface area contributed by atoms with Crippen LogP contribution in [-0.2, 0) is 9.47 Å². The third-order valence-corrected chi connectivity index (χ3v) is 6.73. The maximum atomic E-state index is 5.37. The van der Waals surface area contributed by atoms with Crippen molar-refractivity contribution in [2.75, 3.05) is 25.4 Å². The van der Waals surface area contributed by atoms with Crippen molar-refractivity contribution in [3.63, 3.8) is 0 Å². The van der Waals surface area contributed by atoms with E-state index in [1.807, 2.05) is 24.9 Å². The molecule has 0 aliphatic carbocycles. The minimum absolute atomic E-state index is 0.339. The van der Waals surface area contributed by atoms with E-state index in [1.54, 1.807) is 23.1 Å². The summed E-state index contributed by atoms with van der Waals surface area (Å²) >= 11 is 5.22. The van der Waals surface area contributed by atoms with Crippen LogP contribution in [0.3, 0.4) is 0 Å². The number of ether oxygens (including phenoxy) is 2. The van der Waals surface area contributed by atoms with Crippen molar-refractivity contribution in [1.82, 2.24) is 10.2 Å². The Labute approximate surface area is 165 Å². The standard InChI is InChI=1S/C18H32N2O2S3/c1-16(2)22-15-21-13-11-9-7-5-4-6-8-10-12-14-24-18-20-19-17(23-3)25-18/h1,4-15H2,2-3H3. The van der Waals surface area contributed by atoms with Crippen LogP contribution in [0.1, 0.15) is 64.7 Å². The van der Waals surface area contributed by atoms with Crippen LogP contribution in [0.25, 0.3) is 0 Å². The van der Waals surface area contributed by atoms with Gasteiger partial charge in [0.1, 0.15) is 0 Å². The fourth-order valence-corrected chi connectivity index (χ4v) is 4.75. The number of rotatable bonds is 17. The second kappa shape index (κ2) is 16.0. The molecule has 0 aliphatic heterocycles. The van der Waals surface area contributed by atoms with Crippen molar-refractivity contribution in [2.45, 2.75) is 73.4 Å². The first-order chi connectivity index (χ1) is 12.2. The Bertz CT molecular complexity index is 455. The Hall–Kier alpha value is -0.240. The number of hydrogen-bond acceptors (Lipinski definition) is 7. The van der Waals surface area contributed by atoms with Crippen molar-refractivity contribution in [3.05, 3.63) is 12.3 Å². The van der Waals surface area contributed by atoms with E-state index in [9.17, 15) is 0 Å². The molecule has 0 spiro atoms. The second-order valence-electron chi connectivity index (χ2n) is 5.94. The molecule has 0 N–H and O–H groups in total. The molecule has 0 bridgehead atoms. The highest BCUT2D eigenvalue weighted by molar-refractivity contribution is 8.02. The van der Waals surface area contributed by atoms with Gasteiger partial charge >= 0.3 is 0 Å². The summed E-state index contributed by atoms with van der Waals surface area (Å²) in [4.78, 5) is 0. The second-order valence-corrected chi connectivity index (χ2v) is 9.31. The Morgan fingerprint density at radius 1 is 0.960 bits per heavy atom. The summed E-state index contributed by atoms with van der Waals surface area (Å²) in [6.07, 6.45) is 13.8. The number of thioether (sulfide) groups is 2. The highest BCUT2D eigenvalue weighted by Crippen LogP contribution is 2.28. The van der Waals surface area contributed by atoms with Gasteiger partial charge in [0.2, 0.25) is 0 Å². The fourth-order valence-electron chi connectivity index (χ4n) is 2.24. The average Bonchev–Trinajstić information content (AvgIpc) is 3.06. The van der Waals surface area contributed by atoms with Crippen LogP contribution in [0.5, 0.6) is 0 Å². The molecule has 0 aliphatic rings. The van der Waals surface area contributed by atoms with Gasteiger partial charge in [-0.3, -0.25) is 0 Å². The average molecular weight is 405 g/mol. The van der Waals surface area contributed by atoms with Gasteiger partial charge in [0.25, 0.3) is 0 Å². The molecule has 144 valence electrons. The van der Waals surface area contributed by atoms with Crippen molar-refractivity contribution in [2.24, 2.45) is 0 Å².